The van der Waals surface area contributed by atoms with Crippen LogP contribution in [-0.4, -0.2) is 55.7 Å². The molecule has 1 N–H and O–H groups in total. The summed E-state index contributed by atoms with van der Waals surface area (Å²) in [6.07, 6.45) is 0.815. The van der Waals surface area contributed by atoms with Crippen molar-refractivity contribution >= 4 is 17.6 Å². The molecule has 1 heterocycles. The van der Waals surface area contributed by atoms with E-state index in [0.717, 1.165) is 13.0 Å². The van der Waals surface area contributed by atoms with Crippen LogP contribution < -0.4 is 9.64 Å². The lowest BCUT2D eigenvalue weighted by molar-refractivity contribution is -0.121. The molecule has 6 heteroatoms. The second-order valence-electron chi connectivity index (χ2n) is 4.98. The van der Waals surface area contributed by atoms with E-state index in [9.17, 15) is 9.59 Å². The molecule has 0 spiro atoms. The summed E-state index contributed by atoms with van der Waals surface area (Å²) < 4.78 is 5.33. The van der Waals surface area contributed by atoms with Gasteiger partial charge in [0.05, 0.1) is 11.3 Å². The quantitative estimate of drug-likeness (QED) is 0.872. The Balaban J connectivity index is 2.22. The molecule has 0 aliphatic carbocycles. The van der Waals surface area contributed by atoms with E-state index in [4.69, 9.17) is 9.84 Å². The normalized spacial score (nSPS) is 14.2. The van der Waals surface area contributed by atoms with Gasteiger partial charge in [-0.2, -0.15) is 0 Å². The number of aromatic carboxylic acids is 1. The molecule has 1 aromatic rings. The standard InChI is InChI=1S/C14H18N2O4/c1-15(2)6-3-7-16-11-8-10(14(18)19)4-5-12(11)20-9-13(16)17/h4-5,8H,3,6-7,9H2,1-2H3,(H,18,19). The number of anilines is 1. The van der Waals surface area contributed by atoms with Crippen molar-refractivity contribution in [2.45, 2.75) is 6.42 Å². The Morgan fingerprint density at radius 2 is 2.20 bits per heavy atom. The molecule has 108 valence electrons. The van der Waals surface area contributed by atoms with Gasteiger partial charge in [0.2, 0.25) is 0 Å². The van der Waals surface area contributed by atoms with Crippen molar-refractivity contribution in [1.82, 2.24) is 4.90 Å². The summed E-state index contributed by atoms with van der Waals surface area (Å²) in [5.41, 5.74) is 0.694. The summed E-state index contributed by atoms with van der Waals surface area (Å²) in [6.45, 7) is 1.41. The molecule has 0 fully saturated rings. The predicted molar refractivity (Wildman–Crippen MR) is 74.4 cm³/mol. The Hall–Kier alpha value is -2.08. The Kier molecular flexibility index (Phi) is 4.24. The molecule has 0 atom stereocenters. The second kappa shape index (κ2) is 5.92. The number of rotatable bonds is 5. The van der Waals surface area contributed by atoms with Crippen LogP contribution in [0.2, 0.25) is 0 Å². The zero-order valence-electron chi connectivity index (χ0n) is 11.6. The van der Waals surface area contributed by atoms with Gasteiger partial charge in [0, 0.05) is 6.54 Å². The lowest BCUT2D eigenvalue weighted by atomic mass is 10.1. The molecule has 0 bridgehead atoms. The maximum Gasteiger partial charge on any atom is 0.335 e. The number of ether oxygens (including phenoxy) is 1. The smallest absolute Gasteiger partial charge is 0.335 e. The van der Waals surface area contributed by atoms with Gasteiger partial charge in [-0.25, -0.2) is 4.79 Å². The Bertz CT molecular complexity index is 528. The summed E-state index contributed by atoms with van der Waals surface area (Å²) in [6, 6.07) is 4.57. The van der Waals surface area contributed by atoms with Gasteiger partial charge in [-0.1, -0.05) is 0 Å². The molecule has 0 aromatic heterocycles. The first-order chi connectivity index (χ1) is 9.49. The minimum atomic E-state index is -1.01. The summed E-state index contributed by atoms with van der Waals surface area (Å²) in [7, 11) is 3.94. The highest BCUT2D eigenvalue weighted by Crippen LogP contribution is 2.33. The molecule has 1 aromatic carbocycles. The van der Waals surface area contributed by atoms with Crippen molar-refractivity contribution in [2.75, 3.05) is 38.7 Å². The van der Waals surface area contributed by atoms with E-state index < -0.39 is 5.97 Å². The van der Waals surface area contributed by atoms with Crippen molar-refractivity contribution < 1.29 is 19.4 Å². The number of fused-ring (bicyclic) bond motifs is 1. The number of carboxylic acids is 1. The maximum atomic E-state index is 12.0. The van der Waals surface area contributed by atoms with Crippen molar-refractivity contribution in [1.29, 1.82) is 0 Å². The van der Waals surface area contributed by atoms with Gasteiger partial charge in [-0.05, 0) is 45.3 Å². The van der Waals surface area contributed by atoms with E-state index in [0.29, 0.717) is 18.0 Å². The Labute approximate surface area is 117 Å². The fraction of sp³-hybridized carbons (Fsp3) is 0.429. The fourth-order valence-electron chi connectivity index (χ4n) is 2.13. The van der Waals surface area contributed by atoms with Crippen LogP contribution in [0.1, 0.15) is 16.8 Å². The number of benzene rings is 1. The van der Waals surface area contributed by atoms with Gasteiger partial charge in [0.15, 0.2) is 6.61 Å². The molecule has 1 amide bonds. The monoisotopic (exact) mass is 278 g/mol. The van der Waals surface area contributed by atoms with Crippen LogP contribution in [0.4, 0.5) is 5.69 Å². The van der Waals surface area contributed by atoms with E-state index in [1.54, 1.807) is 11.0 Å². The summed E-state index contributed by atoms with van der Waals surface area (Å²) in [5, 5.41) is 9.04. The third-order valence-electron chi connectivity index (χ3n) is 3.14. The zero-order chi connectivity index (χ0) is 14.7. The average molecular weight is 278 g/mol. The van der Waals surface area contributed by atoms with Crippen LogP contribution in [0.3, 0.4) is 0 Å². The van der Waals surface area contributed by atoms with E-state index in [1.807, 2.05) is 19.0 Å². The van der Waals surface area contributed by atoms with Crippen LogP contribution in [0.15, 0.2) is 18.2 Å². The van der Waals surface area contributed by atoms with Gasteiger partial charge in [-0.15, -0.1) is 0 Å². The number of carboxylic acid groups (broad SMARTS) is 1. The average Bonchev–Trinajstić information content (AvgIpc) is 2.40. The summed E-state index contributed by atoms with van der Waals surface area (Å²) >= 11 is 0. The van der Waals surface area contributed by atoms with Crippen LogP contribution in [0, 0.1) is 0 Å². The molecule has 2 rings (SSSR count). The van der Waals surface area contributed by atoms with Crippen molar-refractivity contribution in [3.8, 4) is 5.75 Å². The van der Waals surface area contributed by atoms with Gasteiger partial charge < -0.3 is 19.6 Å². The first kappa shape index (κ1) is 14.3. The summed E-state index contributed by atoms with van der Waals surface area (Å²) in [5.74, 6) is -0.600. The number of amides is 1. The molecule has 0 saturated heterocycles. The molecule has 0 radical (unpaired) electrons. The molecule has 1 aliphatic heterocycles. The second-order valence-corrected chi connectivity index (χ2v) is 4.98. The lowest BCUT2D eigenvalue weighted by Gasteiger charge is -2.30. The summed E-state index contributed by atoms with van der Waals surface area (Å²) in [4.78, 5) is 26.6. The highest BCUT2D eigenvalue weighted by Gasteiger charge is 2.26. The highest BCUT2D eigenvalue weighted by atomic mass is 16.5. The number of carbonyl (C=O) groups excluding carboxylic acids is 1. The zero-order valence-corrected chi connectivity index (χ0v) is 11.6. The van der Waals surface area contributed by atoms with Crippen molar-refractivity contribution in [3.05, 3.63) is 23.8 Å². The maximum absolute atomic E-state index is 12.0. The Morgan fingerprint density at radius 1 is 1.45 bits per heavy atom. The van der Waals surface area contributed by atoms with Gasteiger partial charge in [0.1, 0.15) is 5.75 Å². The van der Waals surface area contributed by atoms with E-state index in [2.05, 4.69) is 0 Å². The fourth-order valence-corrected chi connectivity index (χ4v) is 2.13. The predicted octanol–water partition coefficient (Wildman–Crippen LogP) is 1.06. The third kappa shape index (κ3) is 3.08. The molecular weight excluding hydrogens is 260 g/mol. The van der Waals surface area contributed by atoms with Crippen LogP contribution in [-0.2, 0) is 4.79 Å². The first-order valence-electron chi connectivity index (χ1n) is 6.44. The molecule has 0 unspecified atom stereocenters. The largest absolute Gasteiger partial charge is 0.482 e. The number of hydrogen-bond acceptors (Lipinski definition) is 4. The third-order valence-corrected chi connectivity index (χ3v) is 3.14. The van der Waals surface area contributed by atoms with Crippen molar-refractivity contribution in [3.63, 3.8) is 0 Å². The van der Waals surface area contributed by atoms with E-state index in [-0.39, 0.29) is 18.1 Å². The SMILES string of the molecule is CN(C)CCCN1C(=O)COc2ccc(C(=O)O)cc21. The number of hydrogen-bond donors (Lipinski definition) is 1. The molecular formula is C14H18N2O4. The molecule has 0 saturated carbocycles. The first-order valence-corrected chi connectivity index (χ1v) is 6.44. The minimum Gasteiger partial charge on any atom is -0.482 e. The molecule has 20 heavy (non-hydrogen) atoms. The van der Waals surface area contributed by atoms with Gasteiger partial charge in [0.25, 0.3) is 5.91 Å². The van der Waals surface area contributed by atoms with Crippen molar-refractivity contribution in [2.24, 2.45) is 0 Å². The van der Waals surface area contributed by atoms with Crippen LogP contribution in [0.5, 0.6) is 5.75 Å². The Morgan fingerprint density at radius 3 is 2.85 bits per heavy atom. The van der Waals surface area contributed by atoms with Crippen LogP contribution in [0.25, 0.3) is 0 Å². The van der Waals surface area contributed by atoms with E-state index >= 15 is 0 Å². The minimum absolute atomic E-state index is 0.00137. The van der Waals surface area contributed by atoms with E-state index in [1.165, 1.54) is 12.1 Å². The van der Waals surface area contributed by atoms with Crippen LogP contribution >= 0.6 is 0 Å². The topological polar surface area (TPSA) is 70.1 Å². The van der Waals surface area contributed by atoms with Gasteiger partial charge in [-0.3, -0.25) is 4.79 Å². The number of nitrogens with zero attached hydrogens (tertiary/aromatic N) is 2. The highest BCUT2D eigenvalue weighted by molar-refractivity contribution is 5.99. The number of carbonyl (C=O) groups is 2. The van der Waals surface area contributed by atoms with Gasteiger partial charge >= 0.3 is 5.97 Å². The lowest BCUT2D eigenvalue weighted by Crippen LogP contribution is -2.40. The molecule has 1 aliphatic rings. The molecule has 6 nitrogen and oxygen atoms in total.